The Morgan fingerprint density at radius 2 is 2.00 bits per heavy atom. The Bertz CT molecular complexity index is 319. The van der Waals surface area contributed by atoms with Crippen molar-refractivity contribution in [2.45, 2.75) is 24.7 Å². The number of hydrogen-bond acceptors (Lipinski definition) is 4. The second-order valence-electron chi connectivity index (χ2n) is 3.83. The number of nitrogens with one attached hydrogen (secondary N) is 1. The van der Waals surface area contributed by atoms with Crippen LogP contribution in [0.15, 0.2) is 0 Å². The van der Waals surface area contributed by atoms with Gasteiger partial charge in [-0.3, -0.25) is 9.69 Å². The Morgan fingerprint density at radius 3 is 2.47 bits per heavy atom. The van der Waals surface area contributed by atoms with Gasteiger partial charge in [-0.25, -0.2) is 4.79 Å². The van der Waals surface area contributed by atoms with Gasteiger partial charge in [0, 0.05) is 20.0 Å². The summed E-state index contributed by atoms with van der Waals surface area (Å²) in [4.78, 5) is 23.5. The molecule has 1 saturated heterocycles. The van der Waals surface area contributed by atoms with Gasteiger partial charge in [0.2, 0.25) is 5.91 Å². The first-order valence-corrected chi connectivity index (χ1v) is 4.95. The smallest absolute Gasteiger partial charge is 0.454 e. The Morgan fingerprint density at radius 1 is 1.41 bits per heavy atom. The highest BCUT2D eigenvalue weighted by Gasteiger charge is 2.44. The molecule has 8 heteroatoms. The third kappa shape index (κ3) is 3.32. The quantitative estimate of drug-likeness (QED) is 0.700. The number of likely N-dealkylation sites (tertiary alicyclic amines) is 1. The molecule has 2 atom stereocenters. The molecule has 1 aliphatic heterocycles. The van der Waals surface area contributed by atoms with Gasteiger partial charge in [-0.1, -0.05) is 0 Å². The maximum Gasteiger partial charge on any atom is 0.490 e. The highest BCUT2D eigenvalue weighted by atomic mass is 19.4. The summed E-state index contributed by atoms with van der Waals surface area (Å²) in [5.41, 5.74) is 0. The monoisotopic (exact) mass is 254 g/mol. The zero-order valence-corrected chi connectivity index (χ0v) is 9.37. The second kappa shape index (κ2) is 4.91. The first-order valence-electron chi connectivity index (χ1n) is 4.95. The minimum Gasteiger partial charge on any atom is -0.454 e. The lowest BCUT2D eigenvalue weighted by atomic mass is 10.2. The Hall–Kier alpha value is -1.31. The van der Waals surface area contributed by atoms with Crippen LogP contribution in [0.25, 0.3) is 0 Å². The molecule has 1 fully saturated rings. The minimum atomic E-state index is -5.00. The van der Waals surface area contributed by atoms with Crippen LogP contribution in [0.1, 0.15) is 6.42 Å². The van der Waals surface area contributed by atoms with E-state index in [1.807, 2.05) is 0 Å². The lowest BCUT2D eigenvalue weighted by molar-refractivity contribution is -0.204. The van der Waals surface area contributed by atoms with Crippen LogP contribution in [0.2, 0.25) is 0 Å². The Balaban J connectivity index is 2.55. The summed E-state index contributed by atoms with van der Waals surface area (Å²) in [6.45, 7) is 0.111. The maximum absolute atomic E-state index is 12.0. The van der Waals surface area contributed by atoms with Crippen molar-refractivity contribution in [3.8, 4) is 0 Å². The molecule has 1 N–H and O–H groups in total. The number of ether oxygens (including phenoxy) is 1. The van der Waals surface area contributed by atoms with Gasteiger partial charge in [-0.05, 0) is 7.05 Å². The normalized spacial score (nSPS) is 25.7. The molecule has 0 radical (unpaired) electrons. The fraction of sp³-hybridized carbons (Fsp3) is 0.778. The molecule has 0 aromatic rings. The van der Waals surface area contributed by atoms with Crippen LogP contribution in [-0.2, 0) is 14.3 Å². The summed E-state index contributed by atoms with van der Waals surface area (Å²) in [5, 5.41) is 2.40. The number of rotatable bonds is 2. The Labute approximate surface area is 95.9 Å². The van der Waals surface area contributed by atoms with E-state index in [2.05, 4.69) is 10.1 Å². The molecule has 1 rings (SSSR count). The van der Waals surface area contributed by atoms with E-state index in [-0.39, 0.29) is 18.9 Å². The van der Waals surface area contributed by atoms with E-state index in [9.17, 15) is 22.8 Å². The molecule has 98 valence electrons. The molecule has 5 nitrogen and oxygen atoms in total. The summed E-state index contributed by atoms with van der Waals surface area (Å²) in [6, 6.07) is -0.564. The van der Waals surface area contributed by atoms with Gasteiger partial charge in [0.1, 0.15) is 6.10 Å². The van der Waals surface area contributed by atoms with Gasteiger partial charge in [-0.2, -0.15) is 13.2 Å². The lowest BCUT2D eigenvalue weighted by Gasteiger charge is -2.16. The number of halogens is 3. The van der Waals surface area contributed by atoms with Crippen LogP contribution in [0.5, 0.6) is 0 Å². The molecule has 0 bridgehead atoms. The predicted molar refractivity (Wildman–Crippen MR) is 51.0 cm³/mol. The maximum atomic E-state index is 12.0. The molecule has 1 aliphatic rings. The molecule has 0 aromatic carbocycles. The van der Waals surface area contributed by atoms with Gasteiger partial charge in [0.05, 0.1) is 6.04 Å². The van der Waals surface area contributed by atoms with Crippen LogP contribution in [0.3, 0.4) is 0 Å². The first kappa shape index (κ1) is 13.8. The second-order valence-corrected chi connectivity index (χ2v) is 3.83. The van der Waals surface area contributed by atoms with Gasteiger partial charge >= 0.3 is 12.1 Å². The highest BCUT2D eigenvalue weighted by molar-refractivity contribution is 5.82. The van der Waals surface area contributed by atoms with Crippen molar-refractivity contribution in [1.29, 1.82) is 0 Å². The number of carbonyl (C=O) groups excluding carboxylic acids is 2. The van der Waals surface area contributed by atoms with Crippen LogP contribution < -0.4 is 5.32 Å². The minimum absolute atomic E-state index is 0.0675. The van der Waals surface area contributed by atoms with Crippen molar-refractivity contribution >= 4 is 11.9 Å². The summed E-state index contributed by atoms with van der Waals surface area (Å²) >= 11 is 0. The highest BCUT2D eigenvalue weighted by Crippen LogP contribution is 2.23. The first-order chi connectivity index (χ1) is 7.75. The van der Waals surface area contributed by atoms with E-state index in [4.69, 9.17) is 0 Å². The SMILES string of the molecule is CNC(=O)[C@H]1C[C@@H](OC(=O)C(F)(F)F)CN1C. The fourth-order valence-corrected chi connectivity index (χ4v) is 1.73. The van der Waals surface area contributed by atoms with Crippen molar-refractivity contribution in [2.24, 2.45) is 0 Å². The van der Waals surface area contributed by atoms with Gasteiger partial charge in [0.15, 0.2) is 0 Å². The number of alkyl halides is 3. The zero-order valence-electron chi connectivity index (χ0n) is 9.37. The molecule has 0 unspecified atom stereocenters. The van der Waals surface area contributed by atoms with Crippen molar-refractivity contribution in [3.63, 3.8) is 0 Å². The van der Waals surface area contributed by atoms with Crippen LogP contribution in [0.4, 0.5) is 13.2 Å². The van der Waals surface area contributed by atoms with Gasteiger partial charge in [0.25, 0.3) is 0 Å². The molecule has 0 aromatic heterocycles. The third-order valence-corrected chi connectivity index (χ3v) is 2.56. The van der Waals surface area contributed by atoms with E-state index in [0.717, 1.165) is 0 Å². The third-order valence-electron chi connectivity index (χ3n) is 2.56. The summed E-state index contributed by atoms with van der Waals surface area (Å²) < 4.78 is 40.1. The van der Waals surface area contributed by atoms with Crippen molar-refractivity contribution in [2.75, 3.05) is 20.6 Å². The fourth-order valence-electron chi connectivity index (χ4n) is 1.73. The number of esters is 1. The summed E-state index contributed by atoms with van der Waals surface area (Å²) in [6.07, 6.45) is -5.83. The predicted octanol–water partition coefficient (Wildman–Crippen LogP) is -0.0894. The topological polar surface area (TPSA) is 58.6 Å². The molecule has 1 amide bonds. The van der Waals surface area contributed by atoms with E-state index < -0.39 is 24.3 Å². The van der Waals surface area contributed by atoms with E-state index in [1.165, 1.54) is 7.05 Å². The largest absolute Gasteiger partial charge is 0.490 e. The van der Waals surface area contributed by atoms with Crippen molar-refractivity contribution < 1.29 is 27.5 Å². The number of likely N-dealkylation sites (N-methyl/N-ethyl adjacent to an activating group) is 2. The van der Waals surface area contributed by atoms with Crippen molar-refractivity contribution in [1.82, 2.24) is 10.2 Å². The van der Waals surface area contributed by atoms with E-state index in [1.54, 1.807) is 11.9 Å². The molecule has 17 heavy (non-hydrogen) atoms. The molecule has 0 saturated carbocycles. The van der Waals surface area contributed by atoms with Gasteiger partial charge in [-0.15, -0.1) is 0 Å². The number of carbonyl (C=O) groups is 2. The molecule has 0 aliphatic carbocycles. The standard InChI is InChI=1S/C9H13F3N2O3/c1-13-7(15)6-3-5(4-14(6)2)17-8(16)9(10,11)12/h5-6H,3-4H2,1-2H3,(H,13,15)/t5-,6-/m1/s1. The zero-order chi connectivity index (χ0) is 13.2. The van der Waals surface area contributed by atoms with Crippen LogP contribution in [-0.4, -0.2) is 55.7 Å². The van der Waals surface area contributed by atoms with Gasteiger partial charge < -0.3 is 10.1 Å². The summed E-state index contributed by atoms with van der Waals surface area (Å²) in [7, 11) is 3.02. The molecular weight excluding hydrogens is 241 g/mol. The lowest BCUT2D eigenvalue weighted by Crippen LogP contribution is -2.39. The van der Waals surface area contributed by atoms with Crippen LogP contribution >= 0.6 is 0 Å². The van der Waals surface area contributed by atoms with Crippen molar-refractivity contribution in [3.05, 3.63) is 0 Å². The van der Waals surface area contributed by atoms with E-state index in [0.29, 0.717) is 0 Å². The number of nitrogens with zero attached hydrogens (tertiary/aromatic N) is 1. The summed E-state index contributed by atoms with van der Waals surface area (Å²) in [5.74, 6) is -2.52. The average Bonchev–Trinajstić information content (AvgIpc) is 2.57. The molecular formula is C9H13F3N2O3. The van der Waals surface area contributed by atoms with E-state index >= 15 is 0 Å². The average molecular weight is 254 g/mol. The van der Waals surface area contributed by atoms with Crippen LogP contribution in [0, 0.1) is 0 Å². The number of amides is 1. The number of hydrogen-bond donors (Lipinski definition) is 1. The molecule has 0 spiro atoms. The Kier molecular flexibility index (Phi) is 3.97. The molecule has 1 heterocycles.